The van der Waals surface area contributed by atoms with E-state index in [1.807, 2.05) is 17.0 Å². The number of ether oxygens (including phenoxy) is 2. The largest absolute Gasteiger partial charge is 0.493 e. The summed E-state index contributed by atoms with van der Waals surface area (Å²) in [5, 5.41) is 0. The maximum Gasteiger partial charge on any atom is 0.223 e. The molecular formula is C16H21NO4. The summed E-state index contributed by atoms with van der Waals surface area (Å²) in [4.78, 5) is 24.2. The normalized spacial score (nSPS) is 14.1. The van der Waals surface area contributed by atoms with Gasteiger partial charge in [-0.2, -0.15) is 0 Å². The first-order valence-electron chi connectivity index (χ1n) is 7.14. The van der Waals surface area contributed by atoms with Gasteiger partial charge in [-0.05, 0) is 36.1 Å². The van der Waals surface area contributed by atoms with Crippen molar-refractivity contribution in [3.63, 3.8) is 0 Å². The summed E-state index contributed by atoms with van der Waals surface area (Å²) in [6.45, 7) is 1.36. The van der Waals surface area contributed by atoms with Gasteiger partial charge in [0.15, 0.2) is 11.5 Å². The smallest absolute Gasteiger partial charge is 0.223 e. The van der Waals surface area contributed by atoms with Crippen molar-refractivity contribution in [2.45, 2.75) is 25.7 Å². The summed E-state index contributed by atoms with van der Waals surface area (Å²) in [5.74, 6) is 1.49. The van der Waals surface area contributed by atoms with Gasteiger partial charge in [0, 0.05) is 25.9 Å². The van der Waals surface area contributed by atoms with E-state index in [2.05, 4.69) is 0 Å². The van der Waals surface area contributed by atoms with Crippen LogP contribution < -0.4 is 9.47 Å². The monoisotopic (exact) mass is 291 g/mol. The van der Waals surface area contributed by atoms with E-state index in [1.54, 1.807) is 14.2 Å². The number of fused-ring (bicyclic) bond motifs is 1. The van der Waals surface area contributed by atoms with E-state index < -0.39 is 0 Å². The summed E-state index contributed by atoms with van der Waals surface area (Å²) >= 11 is 0. The van der Waals surface area contributed by atoms with Crippen LogP contribution in [0.3, 0.4) is 0 Å². The lowest BCUT2D eigenvalue weighted by Crippen LogP contribution is -2.33. The van der Waals surface area contributed by atoms with Crippen LogP contribution in [0.4, 0.5) is 0 Å². The Bertz CT molecular complexity index is 492. The molecule has 5 heteroatoms. The molecule has 2 rings (SSSR count). The van der Waals surface area contributed by atoms with Gasteiger partial charge >= 0.3 is 0 Å². The molecule has 1 amide bonds. The Hall–Kier alpha value is -2.04. The number of amides is 1. The van der Waals surface area contributed by atoms with Crippen LogP contribution in [-0.2, 0) is 22.4 Å². The predicted molar refractivity (Wildman–Crippen MR) is 78.8 cm³/mol. The van der Waals surface area contributed by atoms with Crippen LogP contribution in [0.2, 0.25) is 0 Å². The molecule has 21 heavy (non-hydrogen) atoms. The molecule has 0 spiro atoms. The number of nitrogens with zero attached hydrogens (tertiary/aromatic N) is 1. The lowest BCUT2D eigenvalue weighted by Gasteiger charge is -2.19. The Balaban J connectivity index is 2.13. The minimum absolute atomic E-state index is 0.0498. The first kappa shape index (κ1) is 15.4. The van der Waals surface area contributed by atoms with Gasteiger partial charge < -0.3 is 19.2 Å². The second-order valence-corrected chi connectivity index (χ2v) is 5.06. The minimum Gasteiger partial charge on any atom is -0.493 e. The van der Waals surface area contributed by atoms with E-state index in [1.165, 1.54) is 11.1 Å². The first-order valence-corrected chi connectivity index (χ1v) is 7.14. The topological polar surface area (TPSA) is 55.8 Å². The summed E-state index contributed by atoms with van der Waals surface area (Å²) in [6, 6.07) is 3.99. The van der Waals surface area contributed by atoms with E-state index >= 15 is 0 Å². The van der Waals surface area contributed by atoms with Crippen LogP contribution in [0, 0.1) is 0 Å². The quantitative estimate of drug-likeness (QED) is 0.773. The molecule has 0 unspecified atom stereocenters. The Morgan fingerprint density at radius 2 is 1.67 bits per heavy atom. The highest BCUT2D eigenvalue weighted by atomic mass is 16.5. The Labute approximate surface area is 124 Å². The number of methoxy groups -OCH3 is 2. The highest BCUT2D eigenvalue weighted by molar-refractivity contribution is 5.78. The van der Waals surface area contributed by atoms with Gasteiger partial charge in [0.25, 0.3) is 0 Å². The van der Waals surface area contributed by atoms with Crippen LogP contribution in [0.25, 0.3) is 0 Å². The predicted octanol–water partition coefficient (Wildman–Crippen LogP) is 1.61. The van der Waals surface area contributed by atoms with Crippen LogP contribution in [0.5, 0.6) is 11.5 Å². The fraction of sp³-hybridized carbons (Fsp3) is 0.500. The summed E-state index contributed by atoms with van der Waals surface area (Å²) < 4.78 is 10.7. The summed E-state index contributed by atoms with van der Waals surface area (Å²) in [7, 11) is 3.24. The number of carbonyl (C=O) groups excluding carboxylic acids is 2. The van der Waals surface area contributed by atoms with Gasteiger partial charge in [-0.3, -0.25) is 4.79 Å². The molecule has 0 N–H and O–H groups in total. The molecule has 114 valence electrons. The number of carbonyl (C=O) groups is 2. The number of benzene rings is 1. The molecule has 1 heterocycles. The van der Waals surface area contributed by atoms with E-state index in [-0.39, 0.29) is 5.91 Å². The molecule has 0 radical (unpaired) electrons. The fourth-order valence-electron chi connectivity index (χ4n) is 2.64. The van der Waals surface area contributed by atoms with Crippen LogP contribution in [0.1, 0.15) is 24.0 Å². The third-order valence-corrected chi connectivity index (χ3v) is 3.84. The summed E-state index contributed by atoms with van der Waals surface area (Å²) in [5.41, 5.74) is 2.39. The average molecular weight is 291 g/mol. The van der Waals surface area contributed by atoms with Crippen molar-refractivity contribution >= 4 is 12.2 Å². The van der Waals surface area contributed by atoms with Gasteiger partial charge in [-0.25, -0.2) is 0 Å². The van der Waals surface area contributed by atoms with Crippen LogP contribution in [-0.4, -0.2) is 44.4 Å². The Morgan fingerprint density at radius 3 is 2.10 bits per heavy atom. The maximum atomic E-state index is 12.0. The van der Waals surface area contributed by atoms with Gasteiger partial charge in [-0.15, -0.1) is 0 Å². The lowest BCUT2D eigenvalue weighted by atomic mass is 10.0. The number of hydrogen-bond donors (Lipinski definition) is 0. The SMILES string of the molecule is COc1cc2c(cc1OC)CCN(C(=O)CCC=O)CC2. The lowest BCUT2D eigenvalue weighted by molar-refractivity contribution is -0.132. The van der Waals surface area contributed by atoms with Gasteiger partial charge in [0.05, 0.1) is 14.2 Å². The van der Waals surface area contributed by atoms with E-state index in [0.717, 1.165) is 30.6 Å². The van der Waals surface area contributed by atoms with Crippen molar-refractivity contribution < 1.29 is 19.1 Å². The highest BCUT2D eigenvalue weighted by Gasteiger charge is 2.20. The average Bonchev–Trinajstić information content (AvgIpc) is 2.73. The molecule has 5 nitrogen and oxygen atoms in total. The van der Waals surface area contributed by atoms with Crippen LogP contribution >= 0.6 is 0 Å². The number of hydrogen-bond acceptors (Lipinski definition) is 4. The van der Waals surface area contributed by atoms with Crippen molar-refractivity contribution in [3.8, 4) is 11.5 Å². The zero-order valence-corrected chi connectivity index (χ0v) is 12.6. The highest BCUT2D eigenvalue weighted by Crippen LogP contribution is 2.32. The molecule has 0 aromatic heterocycles. The molecule has 1 aliphatic rings. The second-order valence-electron chi connectivity index (χ2n) is 5.06. The Kier molecular flexibility index (Phi) is 5.20. The second kappa shape index (κ2) is 7.11. The fourth-order valence-corrected chi connectivity index (χ4v) is 2.64. The molecule has 1 aromatic rings. The number of rotatable bonds is 5. The van der Waals surface area contributed by atoms with Crippen molar-refractivity contribution in [1.82, 2.24) is 4.90 Å². The van der Waals surface area contributed by atoms with Gasteiger partial charge in [0.1, 0.15) is 6.29 Å². The van der Waals surface area contributed by atoms with Gasteiger partial charge in [0.2, 0.25) is 5.91 Å². The standard InChI is InChI=1S/C16H21NO4/c1-20-14-10-12-5-7-17(16(19)4-3-9-18)8-6-13(12)11-15(14)21-2/h9-11H,3-8H2,1-2H3. The van der Waals surface area contributed by atoms with Crippen molar-refractivity contribution in [1.29, 1.82) is 0 Å². The molecule has 1 aromatic carbocycles. The molecule has 0 aliphatic carbocycles. The maximum absolute atomic E-state index is 12.0. The van der Waals surface area contributed by atoms with Crippen molar-refractivity contribution in [3.05, 3.63) is 23.3 Å². The Morgan fingerprint density at radius 1 is 1.14 bits per heavy atom. The zero-order chi connectivity index (χ0) is 15.2. The molecule has 0 atom stereocenters. The molecule has 0 saturated heterocycles. The summed E-state index contributed by atoms with van der Waals surface area (Å²) in [6.07, 6.45) is 2.97. The van der Waals surface area contributed by atoms with E-state index in [4.69, 9.17) is 9.47 Å². The number of aldehydes is 1. The minimum atomic E-state index is 0.0498. The molecule has 1 aliphatic heterocycles. The third-order valence-electron chi connectivity index (χ3n) is 3.84. The molecule has 0 bridgehead atoms. The van der Waals surface area contributed by atoms with E-state index in [0.29, 0.717) is 25.9 Å². The molecule has 0 saturated carbocycles. The van der Waals surface area contributed by atoms with E-state index in [9.17, 15) is 9.59 Å². The zero-order valence-electron chi connectivity index (χ0n) is 12.6. The van der Waals surface area contributed by atoms with Gasteiger partial charge in [-0.1, -0.05) is 0 Å². The molecule has 0 fully saturated rings. The third kappa shape index (κ3) is 3.54. The van der Waals surface area contributed by atoms with Crippen molar-refractivity contribution in [2.24, 2.45) is 0 Å². The molecular weight excluding hydrogens is 270 g/mol. The first-order chi connectivity index (χ1) is 10.2. The van der Waals surface area contributed by atoms with Crippen molar-refractivity contribution in [2.75, 3.05) is 27.3 Å². The van der Waals surface area contributed by atoms with Crippen LogP contribution in [0.15, 0.2) is 12.1 Å².